The zero-order valence-corrected chi connectivity index (χ0v) is 19.6. The Morgan fingerprint density at radius 2 is 2.09 bits per heavy atom. The van der Waals surface area contributed by atoms with E-state index in [2.05, 4.69) is 24.1 Å². The Balaban J connectivity index is 1.80. The van der Waals surface area contributed by atoms with Gasteiger partial charge in [-0.05, 0) is 42.7 Å². The molecule has 0 spiro atoms. The topological polar surface area (TPSA) is 112 Å². The van der Waals surface area contributed by atoms with E-state index in [4.69, 9.17) is 20.9 Å². The van der Waals surface area contributed by atoms with E-state index in [-0.39, 0.29) is 12.2 Å². The molecule has 7 nitrogen and oxygen atoms in total. The summed E-state index contributed by atoms with van der Waals surface area (Å²) in [5.41, 5.74) is 10.4. The van der Waals surface area contributed by atoms with E-state index in [0.717, 1.165) is 28.8 Å². The minimum Gasteiger partial charge on any atom is -0.465 e. The Morgan fingerprint density at radius 3 is 2.71 bits per heavy atom. The van der Waals surface area contributed by atoms with Gasteiger partial charge >= 0.3 is 6.18 Å². The zero-order valence-electron chi connectivity index (χ0n) is 18.8. The summed E-state index contributed by atoms with van der Waals surface area (Å²) in [4.78, 5) is 18.4. The molecule has 1 aromatic heterocycles. The van der Waals surface area contributed by atoms with E-state index >= 15 is 0 Å². The number of allylic oxidation sites excluding steroid dienone is 3. The van der Waals surface area contributed by atoms with Crippen molar-refractivity contribution in [2.45, 2.75) is 45.1 Å². The lowest BCUT2D eigenvalue weighted by Crippen LogP contribution is -2.28. The van der Waals surface area contributed by atoms with Crippen molar-refractivity contribution in [3.05, 3.63) is 58.4 Å². The number of alkyl halides is 3. The van der Waals surface area contributed by atoms with Crippen LogP contribution in [0.3, 0.4) is 0 Å². The van der Waals surface area contributed by atoms with Gasteiger partial charge in [-0.15, -0.1) is 11.3 Å². The monoisotopic (exact) mass is 496 g/mol. The van der Waals surface area contributed by atoms with E-state index in [9.17, 15) is 18.0 Å². The highest BCUT2D eigenvalue weighted by Gasteiger charge is 2.30. The summed E-state index contributed by atoms with van der Waals surface area (Å²) in [6.07, 6.45) is 0.0727. The molecular weight excluding hydrogens is 469 g/mol. The molecule has 34 heavy (non-hydrogen) atoms. The molecule has 3 rings (SSSR count). The van der Waals surface area contributed by atoms with Crippen molar-refractivity contribution >= 4 is 17.2 Å². The Morgan fingerprint density at radius 1 is 1.32 bits per heavy atom. The summed E-state index contributed by atoms with van der Waals surface area (Å²) in [6.45, 7) is 4.59. The maximum atomic E-state index is 12.8. The molecule has 0 radical (unpaired) electrons. The predicted octanol–water partition coefficient (Wildman–Crippen LogP) is 4.43. The highest BCUT2D eigenvalue weighted by molar-refractivity contribution is 7.15. The summed E-state index contributed by atoms with van der Waals surface area (Å²) < 4.78 is 48.9. The minimum absolute atomic E-state index is 0.00836. The van der Waals surface area contributed by atoms with Gasteiger partial charge < -0.3 is 26.3 Å². The number of nitrogens with one attached hydrogen (secondary N) is 1. The first kappa shape index (κ1) is 25.6. The fourth-order valence-electron chi connectivity index (χ4n) is 3.04. The summed E-state index contributed by atoms with van der Waals surface area (Å²) in [6, 6.07) is 5.07. The number of carbonyl (C=O) groups excluding carboxylic acids is 1. The van der Waals surface area contributed by atoms with Crippen molar-refractivity contribution < 1.29 is 27.4 Å². The standard InChI is InChI=1S/C23H27F3N4O3S/c1-13(2)18-12-30-22(34-18)15-8-14(9-17(10-15)33-20-4-3-7-32-20)21(31)29-11-16(27)5-6-19(28)23(24,25)26/h5-6,8-10,12-13,20H,3-4,7,11,27-28H2,1-2H3,(H,29,31)/b16-5-,19-6-/t20-/m1/s1. The predicted molar refractivity (Wildman–Crippen MR) is 124 cm³/mol. The highest BCUT2D eigenvalue weighted by Crippen LogP contribution is 2.33. The first-order valence-corrected chi connectivity index (χ1v) is 11.5. The molecule has 0 bridgehead atoms. The number of hydrogen-bond donors (Lipinski definition) is 3. The fraction of sp³-hybridized carbons (Fsp3) is 0.391. The van der Waals surface area contributed by atoms with E-state index in [0.29, 0.717) is 35.5 Å². The number of halogens is 3. The molecule has 1 atom stereocenters. The minimum atomic E-state index is -4.65. The SMILES string of the molecule is CC(C)c1cnc(-c2cc(O[C@@H]3CCCO3)cc(C(=O)NC/C(N)=C/C=C(\N)C(F)(F)F)c2)s1. The number of benzene rings is 1. The number of rotatable bonds is 8. The third kappa shape index (κ3) is 6.97. The highest BCUT2D eigenvalue weighted by atomic mass is 32.1. The molecule has 0 aliphatic carbocycles. The molecule has 1 aliphatic rings. The Kier molecular flexibility index (Phi) is 8.21. The van der Waals surface area contributed by atoms with E-state index in [1.807, 2.05) is 6.20 Å². The molecule has 2 aromatic rings. The van der Waals surface area contributed by atoms with E-state index < -0.39 is 24.1 Å². The molecule has 184 valence electrons. The third-order valence-corrected chi connectivity index (χ3v) is 6.27. The first-order chi connectivity index (χ1) is 16.0. The van der Waals surface area contributed by atoms with Crippen molar-refractivity contribution in [3.63, 3.8) is 0 Å². The van der Waals surface area contributed by atoms with Gasteiger partial charge in [-0.3, -0.25) is 4.79 Å². The molecule has 0 saturated carbocycles. The number of aromatic nitrogens is 1. The maximum Gasteiger partial charge on any atom is 0.430 e. The summed E-state index contributed by atoms with van der Waals surface area (Å²) >= 11 is 1.53. The normalized spacial score (nSPS) is 17.3. The van der Waals surface area contributed by atoms with Crippen molar-refractivity contribution in [1.29, 1.82) is 0 Å². The molecular formula is C23H27F3N4O3S. The van der Waals surface area contributed by atoms with Crippen LogP contribution in [-0.2, 0) is 4.74 Å². The number of thiazole rings is 1. The van der Waals surface area contributed by atoms with Crippen LogP contribution in [0.1, 0.15) is 47.8 Å². The number of nitrogens with two attached hydrogens (primary N) is 2. The van der Waals surface area contributed by atoms with Crippen LogP contribution in [0.5, 0.6) is 5.75 Å². The van der Waals surface area contributed by atoms with E-state index in [1.54, 1.807) is 18.2 Å². The van der Waals surface area contributed by atoms with Gasteiger partial charge in [0.1, 0.15) is 16.5 Å². The van der Waals surface area contributed by atoms with Crippen LogP contribution < -0.4 is 21.5 Å². The average molecular weight is 497 g/mol. The van der Waals surface area contributed by atoms with Crippen LogP contribution in [0.15, 0.2) is 47.9 Å². The van der Waals surface area contributed by atoms with Gasteiger partial charge in [0.2, 0.25) is 0 Å². The van der Waals surface area contributed by atoms with E-state index in [1.165, 1.54) is 11.3 Å². The second-order valence-electron chi connectivity index (χ2n) is 8.07. The fourth-order valence-corrected chi connectivity index (χ4v) is 3.94. The van der Waals surface area contributed by atoms with Crippen molar-refractivity contribution in [1.82, 2.24) is 10.3 Å². The summed E-state index contributed by atoms with van der Waals surface area (Å²) in [5.74, 6) is 0.305. The van der Waals surface area contributed by atoms with Crippen molar-refractivity contribution in [2.24, 2.45) is 11.5 Å². The van der Waals surface area contributed by atoms with Crippen LogP contribution >= 0.6 is 11.3 Å². The summed E-state index contributed by atoms with van der Waals surface area (Å²) in [7, 11) is 0. The third-order valence-electron chi connectivity index (χ3n) is 4.92. The Hall–Kier alpha value is -3.05. The second-order valence-corrected chi connectivity index (χ2v) is 9.14. The number of nitrogens with zero attached hydrogens (tertiary/aromatic N) is 1. The molecule has 1 saturated heterocycles. The van der Waals surface area contributed by atoms with Crippen molar-refractivity contribution in [2.75, 3.05) is 13.2 Å². The average Bonchev–Trinajstić information content (AvgIpc) is 3.47. The Labute approximate surface area is 199 Å². The number of amides is 1. The lowest BCUT2D eigenvalue weighted by molar-refractivity contribution is -0.0926. The number of carbonyl (C=O) groups is 1. The van der Waals surface area contributed by atoms with Crippen LogP contribution in [0.2, 0.25) is 0 Å². The first-order valence-electron chi connectivity index (χ1n) is 10.7. The van der Waals surface area contributed by atoms with Gasteiger partial charge in [0.05, 0.1) is 13.2 Å². The Bertz CT molecular complexity index is 1070. The lowest BCUT2D eigenvalue weighted by Gasteiger charge is -2.15. The maximum absolute atomic E-state index is 12.8. The molecule has 1 fully saturated rings. The summed E-state index contributed by atoms with van der Waals surface area (Å²) in [5, 5.41) is 3.34. The molecule has 0 unspecified atom stereocenters. The molecule has 11 heteroatoms. The van der Waals surface area contributed by atoms with Crippen LogP contribution in [-0.4, -0.2) is 36.5 Å². The van der Waals surface area contributed by atoms with Crippen LogP contribution in [0.25, 0.3) is 10.6 Å². The molecule has 2 heterocycles. The molecule has 1 aliphatic heterocycles. The van der Waals surface area contributed by atoms with Crippen molar-refractivity contribution in [3.8, 4) is 16.3 Å². The van der Waals surface area contributed by atoms with Gasteiger partial charge in [0, 0.05) is 34.3 Å². The van der Waals surface area contributed by atoms with Crippen LogP contribution in [0, 0.1) is 0 Å². The number of ether oxygens (including phenoxy) is 2. The van der Waals surface area contributed by atoms with Gasteiger partial charge in [-0.1, -0.05) is 13.8 Å². The van der Waals surface area contributed by atoms with Crippen LogP contribution in [0.4, 0.5) is 13.2 Å². The quantitative estimate of drug-likeness (QED) is 0.466. The van der Waals surface area contributed by atoms with Gasteiger partial charge in [-0.25, -0.2) is 4.98 Å². The molecule has 1 amide bonds. The van der Waals surface area contributed by atoms with Gasteiger partial charge in [0.15, 0.2) is 6.29 Å². The number of hydrogen-bond acceptors (Lipinski definition) is 7. The molecule has 1 aromatic carbocycles. The van der Waals surface area contributed by atoms with Gasteiger partial charge in [0.25, 0.3) is 5.91 Å². The zero-order chi connectivity index (χ0) is 24.9. The second kappa shape index (κ2) is 10.9. The van der Waals surface area contributed by atoms with Gasteiger partial charge in [-0.2, -0.15) is 13.2 Å². The largest absolute Gasteiger partial charge is 0.465 e. The molecule has 5 N–H and O–H groups in total. The smallest absolute Gasteiger partial charge is 0.430 e. The lowest BCUT2D eigenvalue weighted by atomic mass is 10.1.